The Bertz CT molecular complexity index is 777. The van der Waals surface area contributed by atoms with Crippen molar-refractivity contribution in [3.63, 3.8) is 0 Å². The van der Waals surface area contributed by atoms with Gasteiger partial charge in [0.2, 0.25) is 0 Å². The number of piperidine rings is 1. The third-order valence-electron chi connectivity index (χ3n) is 5.27. The molecule has 1 fully saturated rings. The lowest BCUT2D eigenvalue weighted by Gasteiger charge is -2.33. The fraction of sp³-hybridized carbons (Fsp3) is 0.667. The van der Waals surface area contributed by atoms with Crippen LogP contribution in [0.4, 0.5) is 5.00 Å². The maximum absolute atomic E-state index is 4.42. The summed E-state index contributed by atoms with van der Waals surface area (Å²) in [6.07, 6.45) is 6.25. The summed E-state index contributed by atoms with van der Waals surface area (Å²) in [4.78, 5) is 6.90. The van der Waals surface area contributed by atoms with Gasteiger partial charge in [0.05, 0.1) is 5.00 Å². The molecular formula is C21H35N7S2. The predicted octanol–water partition coefficient (Wildman–Crippen LogP) is 3.48. The molecule has 7 nitrogen and oxygen atoms in total. The van der Waals surface area contributed by atoms with Gasteiger partial charge in [0, 0.05) is 45.7 Å². The van der Waals surface area contributed by atoms with E-state index in [0.717, 1.165) is 68.8 Å². The van der Waals surface area contributed by atoms with Gasteiger partial charge >= 0.3 is 0 Å². The maximum Gasteiger partial charge on any atom is 0.191 e. The highest BCUT2D eigenvalue weighted by atomic mass is 32.2. The number of thiophene rings is 1. The first-order valence-corrected chi connectivity index (χ1v) is 12.9. The van der Waals surface area contributed by atoms with Gasteiger partial charge in [0.25, 0.3) is 0 Å². The largest absolute Gasteiger partial charge is 0.363 e. The van der Waals surface area contributed by atoms with Gasteiger partial charge in [-0.25, -0.2) is 0 Å². The van der Waals surface area contributed by atoms with Crippen molar-refractivity contribution in [2.45, 2.75) is 57.3 Å². The number of rotatable bonds is 9. The fourth-order valence-electron chi connectivity index (χ4n) is 3.74. The number of hydrogen-bond donors (Lipinski definition) is 2. The van der Waals surface area contributed by atoms with Gasteiger partial charge in [-0.3, -0.25) is 4.99 Å². The summed E-state index contributed by atoms with van der Waals surface area (Å²) < 4.78 is 2.27. The second-order valence-corrected chi connectivity index (χ2v) is 9.77. The zero-order chi connectivity index (χ0) is 21.3. The molecule has 0 aromatic carbocycles. The van der Waals surface area contributed by atoms with Crippen LogP contribution in [0, 0.1) is 5.92 Å². The summed E-state index contributed by atoms with van der Waals surface area (Å²) in [6, 6.07) is 4.82. The van der Waals surface area contributed by atoms with E-state index in [4.69, 9.17) is 0 Å². The molecule has 2 N–H and O–H groups in total. The lowest BCUT2D eigenvalue weighted by molar-refractivity contribution is 0.462. The van der Waals surface area contributed by atoms with Crippen LogP contribution in [0.25, 0.3) is 0 Å². The van der Waals surface area contributed by atoms with Crippen LogP contribution in [0.1, 0.15) is 38.9 Å². The molecule has 166 valence electrons. The molecule has 3 rings (SSSR count). The molecular weight excluding hydrogens is 414 g/mol. The Morgan fingerprint density at radius 2 is 2.13 bits per heavy atom. The molecule has 0 unspecified atom stereocenters. The molecule has 3 heterocycles. The number of guanidine groups is 1. The minimum absolute atomic E-state index is 0.477. The Kier molecular flexibility index (Phi) is 8.87. The Morgan fingerprint density at radius 3 is 2.77 bits per heavy atom. The summed E-state index contributed by atoms with van der Waals surface area (Å²) >= 11 is 3.49. The highest BCUT2D eigenvalue weighted by Gasteiger charge is 2.20. The van der Waals surface area contributed by atoms with Crippen molar-refractivity contribution < 1.29 is 0 Å². The van der Waals surface area contributed by atoms with Crippen molar-refractivity contribution in [3.8, 4) is 0 Å². The minimum Gasteiger partial charge on any atom is -0.363 e. The van der Waals surface area contributed by atoms with Crippen LogP contribution >= 0.6 is 23.1 Å². The Hall–Kier alpha value is -1.74. The lowest BCUT2D eigenvalue weighted by Crippen LogP contribution is -2.48. The van der Waals surface area contributed by atoms with Gasteiger partial charge in [-0.2, -0.15) is 0 Å². The molecule has 0 bridgehead atoms. The van der Waals surface area contributed by atoms with Crippen LogP contribution in [0.15, 0.2) is 27.7 Å². The topological polar surface area (TPSA) is 70.4 Å². The first-order valence-electron chi connectivity index (χ1n) is 10.8. The number of aliphatic imine (C=N–C) groups is 1. The van der Waals surface area contributed by atoms with Gasteiger partial charge < -0.3 is 20.1 Å². The Morgan fingerprint density at radius 1 is 1.33 bits per heavy atom. The summed E-state index contributed by atoms with van der Waals surface area (Å²) in [7, 11) is 1.85. The van der Waals surface area contributed by atoms with E-state index >= 15 is 0 Å². The standard InChI is InChI=1S/C21H35N7S2/c1-16(2)15-28-18(25-26-21(28)29-4)7-5-11-23-20(22-3)24-17-9-12-27(13-10-17)19-8-6-14-30-19/h6,8,14,16-17H,5,7,9-13,15H2,1-4H3,(H2,22,23,24). The quantitative estimate of drug-likeness (QED) is 0.264. The summed E-state index contributed by atoms with van der Waals surface area (Å²) in [6.45, 7) is 8.50. The average molecular weight is 450 g/mol. The van der Waals surface area contributed by atoms with Crippen LogP contribution in [-0.2, 0) is 13.0 Å². The number of nitrogens with zero attached hydrogens (tertiary/aromatic N) is 5. The molecule has 9 heteroatoms. The van der Waals surface area contributed by atoms with Gasteiger partial charge in [-0.05, 0) is 48.9 Å². The fourth-order valence-corrected chi connectivity index (χ4v) is 5.05. The number of hydrogen-bond acceptors (Lipinski definition) is 6. The predicted molar refractivity (Wildman–Crippen MR) is 129 cm³/mol. The van der Waals surface area contributed by atoms with Crippen molar-refractivity contribution in [1.29, 1.82) is 0 Å². The number of aromatic nitrogens is 3. The highest BCUT2D eigenvalue weighted by molar-refractivity contribution is 7.98. The van der Waals surface area contributed by atoms with Crippen molar-refractivity contribution in [3.05, 3.63) is 23.3 Å². The average Bonchev–Trinajstić information content (AvgIpc) is 3.41. The molecule has 1 aliphatic heterocycles. The Labute approximate surface area is 188 Å². The third kappa shape index (κ3) is 6.38. The number of nitrogens with one attached hydrogen (secondary N) is 2. The second-order valence-electron chi connectivity index (χ2n) is 8.07. The van der Waals surface area contributed by atoms with Gasteiger partial charge in [0.15, 0.2) is 11.1 Å². The van der Waals surface area contributed by atoms with Crippen LogP contribution in [-0.4, -0.2) is 59.7 Å². The zero-order valence-corrected chi connectivity index (χ0v) is 20.2. The molecule has 0 spiro atoms. The van der Waals surface area contributed by atoms with E-state index in [-0.39, 0.29) is 0 Å². The van der Waals surface area contributed by atoms with Crippen molar-refractivity contribution >= 4 is 34.1 Å². The molecule has 1 saturated heterocycles. The van der Waals surface area contributed by atoms with E-state index in [0.29, 0.717) is 12.0 Å². The van der Waals surface area contributed by atoms with Crippen LogP contribution in [0.3, 0.4) is 0 Å². The molecule has 0 radical (unpaired) electrons. The van der Waals surface area contributed by atoms with Gasteiger partial charge in [-0.1, -0.05) is 25.6 Å². The molecule has 2 aromatic rings. The summed E-state index contributed by atoms with van der Waals surface area (Å²) in [5, 5.41) is 20.4. The van der Waals surface area contributed by atoms with E-state index < -0.39 is 0 Å². The SMILES string of the molecule is CN=C(NCCCc1nnc(SC)n1CC(C)C)NC1CCN(c2cccs2)CC1. The number of aryl methyl sites for hydroxylation is 1. The summed E-state index contributed by atoms with van der Waals surface area (Å²) in [5.41, 5.74) is 0. The van der Waals surface area contributed by atoms with Crippen molar-refractivity contribution in [2.75, 3.05) is 37.8 Å². The molecule has 2 aromatic heterocycles. The summed E-state index contributed by atoms with van der Waals surface area (Å²) in [5.74, 6) is 2.56. The third-order valence-corrected chi connectivity index (χ3v) is 6.87. The van der Waals surface area contributed by atoms with Gasteiger partial charge in [-0.15, -0.1) is 21.5 Å². The molecule has 30 heavy (non-hydrogen) atoms. The first kappa shape index (κ1) is 22.9. The van der Waals surface area contributed by atoms with Crippen LogP contribution in [0.5, 0.6) is 0 Å². The van der Waals surface area contributed by atoms with E-state index in [2.05, 4.69) is 72.9 Å². The lowest BCUT2D eigenvalue weighted by atomic mass is 10.1. The Balaban J connectivity index is 1.40. The highest BCUT2D eigenvalue weighted by Crippen LogP contribution is 2.24. The molecule has 1 aliphatic rings. The molecule has 0 atom stereocenters. The van der Waals surface area contributed by atoms with E-state index in [1.54, 1.807) is 11.8 Å². The van der Waals surface area contributed by atoms with E-state index in [1.165, 1.54) is 5.00 Å². The van der Waals surface area contributed by atoms with E-state index in [1.807, 2.05) is 18.4 Å². The van der Waals surface area contributed by atoms with Gasteiger partial charge in [0.1, 0.15) is 5.82 Å². The van der Waals surface area contributed by atoms with Crippen LogP contribution in [0.2, 0.25) is 0 Å². The monoisotopic (exact) mass is 449 g/mol. The second kappa shape index (κ2) is 11.6. The number of thioether (sulfide) groups is 1. The number of anilines is 1. The van der Waals surface area contributed by atoms with Crippen molar-refractivity contribution in [1.82, 2.24) is 25.4 Å². The van der Waals surface area contributed by atoms with E-state index in [9.17, 15) is 0 Å². The maximum atomic E-state index is 4.42. The zero-order valence-electron chi connectivity index (χ0n) is 18.6. The molecule has 0 amide bonds. The molecule has 0 aliphatic carbocycles. The molecule has 0 saturated carbocycles. The minimum atomic E-state index is 0.477. The van der Waals surface area contributed by atoms with Crippen LogP contribution < -0.4 is 15.5 Å². The van der Waals surface area contributed by atoms with Crippen molar-refractivity contribution in [2.24, 2.45) is 10.9 Å². The normalized spacial score (nSPS) is 15.8. The smallest absolute Gasteiger partial charge is 0.191 e. The first-order chi connectivity index (χ1) is 14.6.